The maximum Gasteiger partial charge on any atom is 0.343 e. The average molecular weight is 382 g/mol. The lowest BCUT2D eigenvalue weighted by Gasteiger charge is -2.25. The van der Waals surface area contributed by atoms with Crippen LogP contribution in [0, 0.1) is 0 Å². The lowest BCUT2D eigenvalue weighted by molar-refractivity contribution is 0.407. The Morgan fingerprint density at radius 2 is 1.89 bits per heavy atom. The summed E-state index contributed by atoms with van der Waals surface area (Å²) in [6.45, 7) is 0.546. The van der Waals surface area contributed by atoms with E-state index in [1.807, 2.05) is 35.4 Å². The average Bonchev–Trinajstić information content (AvgIpc) is 2.79. The number of hydrogen-bond acceptors (Lipinski definition) is 6. The van der Waals surface area contributed by atoms with Crippen molar-refractivity contribution in [2.24, 2.45) is 4.99 Å². The molecule has 2 aromatic carbocycles. The zero-order valence-electron chi connectivity index (χ0n) is 14.7. The van der Waals surface area contributed by atoms with Crippen LogP contribution >= 0.6 is 0 Å². The first-order chi connectivity index (χ1) is 13.1. The molecule has 0 N–H and O–H groups in total. The number of hydrogen-bond donors (Lipinski definition) is 0. The number of ether oxygens (including phenoxy) is 1. The molecule has 0 radical (unpaired) electrons. The predicted octanol–water partition coefficient (Wildman–Crippen LogP) is 3.40. The van der Waals surface area contributed by atoms with Crippen LogP contribution in [0.4, 0.5) is 5.69 Å². The van der Waals surface area contributed by atoms with Gasteiger partial charge >= 0.3 is 10.1 Å². The van der Waals surface area contributed by atoms with E-state index in [1.165, 1.54) is 6.08 Å². The van der Waals surface area contributed by atoms with Crippen LogP contribution < -0.4 is 8.92 Å². The SMILES string of the molecule is COc1ccccc1CCN1C=CC=C2C1=Nc1ccccc1OS2(=O)=O. The Hall–Kier alpha value is -3.06. The van der Waals surface area contributed by atoms with Crippen molar-refractivity contribution in [1.29, 1.82) is 0 Å². The number of aliphatic imine (C=N–C) groups is 1. The number of para-hydroxylation sites is 3. The van der Waals surface area contributed by atoms with Crippen molar-refractivity contribution in [2.75, 3.05) is 13.7 Å². The van der Waals surface area contributed by atoms with Crippen molar-refractivity contribution in [3.05, 3.63) is 77.4 Å². The highest BCUT2D eigenvalue weighted by Gasteiger charge is 2.33. The van der Waals surface area contributed by atoms with Crippen LogP contribution in [0.15, 0.2) is 76.8 Å². The molecular weight excluding hydrogens is 364 g/mol. The van der Waals surface area contributed by atoms with Crippen LogP contribution in [-0.4, -0.2) is 32.8 Å². The molecule has 0 unspecified atom stereocenters. The highest BCUT2D eigenvalue weighted by Crippen LogP contribution is 2.35. The van der Waals surface area contributed by atoms with Gasteiger partial charge in [-0.15, -0.1) is 0 Å². The molecule has 0 spiro atoms. The molecule has 2 aromatic rings. The first-order valence-corrected chi connectivity index (χ1v) is 9.89. The van der Waals surface area contributed by atoms with E-state index >= 15 is 0 Å². The highest BCUT2D eigenvalue weighted by molar-refractivity contribution is 7.92. The Kier molecular flexibility index (Phi) is 4.45. The molecule has 0 saturated heterocycles. The van der Waals surface area contributed by atoms with Gasteiger partial charge < -0.3 is 13.8 Å². The van der Waals surface area contributed by atoms with E-state index in [0.717, 1.165) is 11.3 Å². The molecule has 7 heteroatoms. The van der Waals surface area contributed by atoms with E-state index in [0.29, 0.717) is 24.5 Å². The third kappa shape index (κ3) is 3.33. The second-order valence-corrected chi connectivity index (χ2v) is 7.58. The van der Waals surface area contributed by atoms with Crippen molar-refractivity contribution in [3.8, 4) is 11.5 Å². The van der Waals surface area contributed by atoms with Crippen molar-refractivity contribution in [1.82, 2.24) is 4.90 Å². The minimum absolute atomic E-state index is 0.0567. The van der Waals surface area contributed by atoms with Crippen LogP contribution in [0.3, 0.4) is 0 Å². The van der Waals surface area contributed by atoms with Gasteiger partial charge in [-0.1, -0.05) is 30.3 Å². The molecule has 6 nitrogen and oxygen atoms in total. The van der Waals surface area contributed by atoms with Gasteiger partial charge in [0.05, 0.1) is 7.11 Å². The minimum Gasteiger partial charge on any atom is -0.496 e. The highest BCUT2D eigenvalue weighted by atomic mass is 32.2. The third-order valence-electron chi connectivity index (χ3n) is 4.38. The Morgan fingerprint density at radius 1 is 1.11 bits per heavy atom. The van der Waals surface area contributed by atoms with Gasteiger partial charge in [0.15, 0.2) is 11.6 Å². The maximum absolute atomic E-state index is 12.7. The van der Waals surface area contributed by atoms with Crippen LogP contribution in [0.25, 0.3) is 0 Å². The number of nitrogens with zero attached hydrogens (tertiary/aromatic N) is 2. The van der Waals surface area contributed by atoms with Gasteiger partial charge in [0.2, 0.25) is 0 Å². The van der Waals surface area contributed by atoms with Crippen molar-refractivity contribution in [2.45, 2.75) is 6.42 Å². The number of rotatable bonds is 4. The van der Waals surface area contributed by atoms with Gasteiger partial charge in [0.25, 0.3) is 0 Å². The van der Waals surface area contributed by atoms with E-state index in [-0.39, 0.29) is 10.7 Å². The van der Waals surface area contributed by atoms with Gasteiger partial charge in [0.1, 0.15) is 16.3 Å². The molecule has 27 heavy (non-hydrogen) atoms. The normalized spacial score (nSPS) is 17.0. The minimum atomic E-state index is -3.95. The molecule has 4 rings (SSSR count). The van der Waals surface area contributed by atoms with Crippen LogP contribution in [0.2, 0.25) is 0 Å². The number of methoxy groups -OCH3 is 1. The van der Waals surface area contributed by atoms with Gasteiger partial charge in [0, 0.05) is 12.7 Å². The number of benzene rings is 2. The summed E-state index contributed by atoms with van der Waals surface area (Å²) in [5.41, 5.74) is 1.52. The molecule has 0 fully saturated rings. The van der Waals surface area contributed by atoms with E-state index in [1.54, 1.807) is 37.5 Å². The van der Waals surface area contributed by atoms with Gasteiger partial charge in [-0.3, -0.25) is 0 Å². The van der Waals surface area contributed by atoms with Crippen LogP contribution in [0.5, 0.6) is 11.5 Å². The van der Waals surface area contributed by atoms with E-state index in [4.69, 9.17) is 8.92 Å². The zero-order valence-corrected chi connectivity index (χ0v) is 15.5. The lowest BCUT2D eigenvalue weighted by atomic mass is 10.1. The third-order valence-corrected chi connectivity index (χ3v) is 5.64. The van der Waals surface area contributed by atoms with Crippen LogP contribution in [0.1, 0.15) is 5.56 Å². The van der Waals surface area contributed by atoms with Crippen molar-refractivity contribution < 1.29 is 17.3 Å². The summed E-state index contributed by atoms with van der Waals surface area (Å²) < 4.78 is 36.0. The topological polar surface area (TPSA) is 68.2 Å². The number of allylic oxidation sites excluding steroid dienone is 2. The van der Waals surface area contributed by atoms with Gasteiger partial charge in [-0.05, 0) is 42.3 Å². The molecule has 0 aromatic heterocycles. The summed E-state index contributed by atoms with van der Waals surface area (Å²) in [6.07, 6.45) is 5.69. The van der Waals surface area contributed by atoms with Crippen molar-refractivity contribution in [3.63, 3.8) is 0 Å². The molecule has 2 aliphatic rings. The smallest absolute Gasteiger partial charge is 0.343 e. The zero-order chi connectivity index (χ0) is 18.9. The maximum atomic E-state index is 12.7. The molecule has 0 aliphatic carbocycles. The van der Waals surface area contributed by atoms with Crippen molar-refractivity contribution >= 4 is 21.6 Å². The summed E-state index contributed by atoms with van der Waals surface area (Å²) in [6, 6.07) is 14.6. The first kappa shape index (κ1) is 17.4. The summed E-state index contributed by atoms with van der Waals surface area (Å²) >= 11 is 0. The molecule has 0 saturated carbocycles. The Morgan fingerprint density at radius 3 is 2.74 bits per heavy atom. The summed E-state index contributed by atoms with van der Waals surface area (Å²) in [5, 5.41) is 0. The monoisotopic (exact) mass is 382 g/mol. The molecule has 0 amide bonds. The summed E-state index contributed by atoms with van der Waals surface area (Å²) in [5.74, 6) is 1.39. The summed E-state index contributed by atoms with van der Waals surface area (Å²) in [4.78, 5) is 6.46. The second kappa shape index (κ2) is 6.92. The van der Waals surface area contributed by atoms with E-state index in [9.17, 15) is 8.42 Å². The van der Waals surface area contributed by atoms with E-state index < -0.39 is 10.1 Å². The largest absolute Gasteiger partial charge is 0.496 e. The quantitative estimate of drug-likeness (QED) is 0.758. The molecule has 2 heterocycles. The molecule has 0 bridgehead atoms. The standard InChI is InChI=1S/C20H18N2O4S/c1-25-17-9-4-2-7-15(17)12-14-22-13-6-11-19-20(22)21-16-8-3-5-10-18(16)26-27(19,23)24/h2-11,13H,12,14H2,1H3. The van der Waals surface area contributed by atoms with Gasteiger partial charge in [-0.25, -0.2) is 4.99 Å². The lowest BCUT2D eigenvalue weighted by Crippen LogP contribution is -2.34. The number of fused-ring (bicyclic) bond motifs is 2. The first-order valence-electron chi connectivity index (χ1n) is 8.48. The fourth-order valence-corrected chi connectivity index (χ4v) is 4.16. The predicted molar refractivity (Wildman–Crippen MR) is 104 cm³/mol. The molecular formula is C20H18N2O4S. The van der Waals surface area contributed by atoms with Gasteiger partial charge in [-0.2, -0.15) is 8.42 Å². The van der Waals surface area contributed by atoms with E-state index in [2.05, 4.69) is 4.99 Å². The summed E-state index contributed by atoms with van der Waals surface area (Å²) in [7, 11) is -2.31. The second-order valence-electron chi connectivity index (χ2n) is 6.07. The Labute approximate surface area is 158 Å². The fourth-order valence-electron chi connectivity index (χ4n) is 3.06. The fraction of sp³-hybridized carbons (Fsp3) is 0.150. The Balaban J connectivity index is 1.68. The molecule has 0 atom stereocenters. The number of amidine groups is 1. The van der Waals surface area contributed by atoms with Crippen LogP contribution in [-0.2, 0) is 16.5 Å². The molecule has 2 aliphatic heterocycles. The molecule has 138 valence electrons. The Bertz CT molecular complexity index is 1070.